The Labute approximate surface area is 457 Å². The van der Waals surface area contributed by atoms with Crippen molar-refractivity contribution in [1.82, 2.24) is 35.0 Å². The van der Waals surface area contributed by atoms with Crippen LogP contribution in [-0.4, -0.2) is 156 Å². The first-order valence-electron chi connectivity index (χ1n) is 28.4. The smallest absolute Gasteiger partial charge is 0.409 e. The quantitative estimate of drug-likeness (QED) is 0.103. The van der Waals surface area contributed by atoms with Crippen LogP contribution in [0, 0.1) is 29.9 Å². The highest BCUT2D eigenvalue weighted by atomic mass is 19.1. The second-order valence-corrected chi connectivity index (χ2v) is 22.8. The number of benzene rings is 3. The number of ether oxygens (including phenoxy) is 4. The van der Waals surface area contributed by atoms with Crippen LogP contribution in [0.3, 0.4) is 0 Å². The summed E-state index contributed by atoms with van der Waals surface area (Å²) in [6, 6.07) is 13.7. The third-order valence-electron chi connectivity index (χ3n) is 18.3. The topological polar surface area (TPSA) is 172 Å². The minimum atomic E-state index is -0.649. The Morgan fingerprint density at radius 3 is 2.54 bits per heavy atom. The number of aryl methyl sites for hydroxylation is 1. The van der Waals surface area contributed by atoms with E-state index in [0.717, 1.165) is 88.7 Å². The number of carbonyl (C=O) groups excluding carboxylic acids is 4. The fourth-order valence-electron chi connectivity index (χ4n) is 14.0. The van der Waals surface area contributed by atoms with Crippen LogP contribution in [0.2, 0.25) is 0 Å². The molecule has 412 valence electrons. The van der Waals surface area contributed by atoms with Gasteiger partial charge in [-0.05, 0) is 125 Å². The number of nitrogens with zero attached hydrogens (tertiary/aromatic N) is 8. The van der Waals surface area contributed by atoms with E-state index in [2.05, 4.69) is 32.0 Å². The minimum absolute atomic E-state index is 0.0108. The van der Waals surface area contributed by atoms with E-state index in [4.69, 9.17) is 40.3 Å². The van der Waals surface area contributed by atoms with Gasteiger partial charge in [0.2, 0.25) is 11.8 Å². The molecule has 0 aliphatic carbocycles. The number of likely N-dealkylation sites (tertiary alicyclic amines) is 1. The molecule has 79 heavy (non-hydrogen) atoms. The number of terminal acetylenes is 1. The van der Waals surface area contributed by atoms with Crippen molar-refractivity contribution in [3.63, 3.8) is 0 Å². The molecule has 0 bridgehead atoms. The highest BCUT2D eigenvalue weighted by Gasteiger charge is 2.50. The van der Waals surface area contributed by atoms with Gasteiger partial charge in [-0.3, -0.25) is 24.6 Å². The summed E-state index contributed by atoms with van der Waals surface area (Å²) in [6.45, 7) is 7.10. The normalized spacial score (nSPS) is 24.8. The zero-order valence-corrected chi connectivity index (χ0v) is 44.4. The van der Waals surface area contributed by atoms with Gasteiger partial charge in [-0.25, -0.2) is 18.6 Å². The standard InChI is InChI=1S/C60H65F2N9O8/c1-2-43-46(61)12-8-37-6-3-7-45(50(37)43)53-52(62)54-51-47(63-53)13-10-40-33-76-29-5-23-69(40)55(51)66-58(65-54)79-35-60-21-4-24-71(60)41(16-22-60)34-78-59(75)68-25-17-36(18-26-68)32-77-42-19-27-67(28-20-42)39-9-11-44-38(30-39)31-70(57(44)74)48-14-15-49(72)64-56(48)73/h1,3,6-9,11-12,30,36,40-42,48H,4-5,10,13-29,31-35H2,(H,64,72,73)/t40-,41-,48?,60-/m0/s1. The summed E-state index contributed by atoms with van der Waals surface area (Å²) >= 11 is 0. The van der Waals surface area contributed by atoms with Gasteiger partial charge < -0.3 is 38.5 Å². The van der Waals surface area contributed by atoms with Gasteiger partial charge in [0.1, 0.15) is 42.1 Å². The van der Waals surface area contributed by atoms with E-state index in [-0.39, 0.29) is 84.1 Å². The van der Waals surface area contributed by atoms with Crippen molar-refractivity contribution in [2.75, 3.05) is 82.1 Å². The molecule has 0 saturated carbocycles. The summed E-state index contributed by atoms with van der Waals surface area (Å²) in [4.78, 5) is 76.3. The fourth-order valence-corrected chi connectivity index (χ4v) is 14.0. The van der Waals surface area contributed by atoms with E-state index in [1.54, 1.807) is 23.1 Å². The van der Waals surface area contributed by atoms with Crippen molar-refractivity contribution < 1.29 is 46.9 Å². The van der Waals surface area contributed by atoms with E-state index in [9.17, 15) is 19.2 Å². The highest BCUT2D eigenvalue weighted by Crippen LogP contribution is 2.45. The molecule has 8 aliphatic rings. The predicted molar refractivity (Wildman–Crippen MR) is 290 cm³/mol. The Morgan fingerprint density at radius 2 is 1.71 bits per heavy atom. The number of halogens is 2. The van der Waals surface area contributed by atoms with Gasteiger partial charge in [-0.2, -0.15) is 9.97 Å². The Morgan fingerprint density at radius 1 is 0.848 bits per heavy atom. The summed E-state index contributed by atoms with van der Waals surface area (Å²) in [5.74, 6) is 1.35. The molecule has 1 unspecified atom stereocenters. The molecule has 2 aromatic heterocycles. The molecule has 0 spiro atoms. The van der Waals surface area contributed by atoms with Crippen LogP contribution in [0.4, 0.5) is 25.1 Å². The van der Waals surface area contributed by atoms with Gasteiger partial charge >= 0.3 is 12.1 Å². The van der Waals surface area contributed by atoms with Gasteiger partial charge in [0.05, 0.1) is 40.9 Å². The molecule has 5 aromatic rings. The van der Waals surface area contributed by atoms with E-state index < -0.39 is 23.6 Å². The van der Waals surface area contributed by atoms with Crippen LogP contribution < -0.4 is 19.9 Å². The Hall–Kier alpha value is -7.01. The lowest BCUT2D eigenvalue weighted by atomic mass is 9.95. The third kappa shape index (κ3) is 9.56. The van der Waals surface area contributed by atoms with Gasteiger partial charge in [0.15, 0.2) is 5.82 Å². The summed E-state index contributed by atoms with van der Waals surface area (Å²) in [7, 11) is 0. The molecule has 8 aliphatic heterocycles. The number of fused-ring (bicyclic) bond motifs is 5. The van der Waals surface area contributed by atoms with E-state index >= 15 is 8.78 Å². The number of nitrogens with one attached hydrogen (secondary N) is 1. The second kappa shape index (κ2) is 21.2. The van der Waals surface area contributed by atoms with Crippen LogP contribution in [0.5, 0.6) is 6.01 Å². The van der Waals surface area contributed by atoms with E-state index in [1.165, 1.54) is 6.07 Å². The summed E-state index contributed by atoms with van der Waals surface area (Å²) in [5, 5.41) is 4.02. The maximum Gasteiger partial charge on any atom is 0.409 e. The first-order chi connectivity index (χ1) is 38.5. The van der Waals surface area contributed by atoms with Gasteiger partial charge in [0, 0.05) is 87.1 Å². The molecule has 3 aromatic carbocycles. The number of hydrogen-bond acceptors (Lipinski definition) is 14. The molecular weight excluding hydrogens is 1010 g/mol. The largest absolute Gasteiger partial charge is 0.461 e. The van der Waals surface area contributed by atoms with Crippen molar-refractivity contribution in [3.8, 4) is 29.6 Å². The third-order valence-corrected chi connectivity index (χ3v) is 18.3. The molecule has 6 saturated heterocycles. The van der Waals surface area contributed by atoms with Crippen molar-refractivity contribution in [2.24, 2.45) is 5.92 Å². The number of amides is 4. The Balaban J connectivity index is 0.613. The molecule has 1 N–H and O–H groups in total. The van der Waals surface area contributed by atoms with Crippen molar-refractivity contribution in [1.29, 1.82) is 0 Å². The SMILES string of the molecule is C#Cc1c(F)ccc2cccc(-c3nc4c5c(nc(OC[C@@]67CCCN6[C@H](COC(=O)N6CCC(COC8CCN(c9ccc%10c(c9)CN(C9CCC(=O)NC9=O)C%10=O)CC8)CC6)CC7)nc5c3F)N3CCCOC[C@@H]3CC4)c12. The average molecular weight is 1080 g/mol. The molecule has 13 rings (SSSR count). The molecular formula is C60H65F2N9O8. The summed E-state index contributed by atoms with van der Waals surface area (Å²) < 4.78 is 57.9. The van der Waals surface area contributed by atoms with E-state index in [1.807, 2.05) is 23.1 Å². The number of pyridine rings is 1. The van der Waals surface area contributed by atoms with Crippen molar-refractivity contribution >= 4 is 57.0 Å². The number of carbonyl (C=O) groups is 4. The Kier molecular flexibility index (Phi) is 13.8. The van der Waals surface area contributed by atoms with Gasteiger partial charge in [-0.15, -0.1) is 6.42 Å². The fraction of sp³-hybridized carbons (Fsp3) is 0.517. The van der Waals surface area contributed by atoms with Gasteiger partial charge in [-0.1, -0.05) is 30.2 Å². The van der Waals surface area contributed by atoms with Gasteiger partial charge in [0.25, 0.3) is 5.91 Å². The first-order valence-corrected chi connectivity index (χ1v) is 28.4. The second-order valence-electron chi connectivity index (χ2n) is 22.8. The molecule has 17 nitrogen and oxygen atoms in total. The van der Waals surface area contributed by atoms with Crippen LogP contribution in [-0.2, 0) is 36.8 Å². The lowest BCUT2D eigenvalue weighted by Crippen LogP contribution is -2.52. The first kappa shape index (κ1) is 51.4. The molecule has 19 heteroatoms. The van der Waals surface area contributed by atoms with Crippen molar-refractivity contribution in [2.45, 2.75) is 120 Å². The number of hydrogen-bond donors (Lipinski definition) is 1. The highest BCUT2D eigenvalue weighted by molar-refractivity contribution is 6.06. The number of aromatic nitrogens is 3. The lowest BCUT2D eigenvalue weighted by Gasteiger charge is -2.36. The maximum atomic E-state index is 17.4. The number of anilines is 2. The maximum absolute atomic E-state index is 17.4. The zero-order valence-electron chi connectivity index (χ0n) is 44.4. The molecule has 10 heterocycles. The summed E-state index contributed by atoms with van der Waals surface area (Å²) in [6.07, 6.45) is 15.3. The predicted octanol–water partition coefficient (Wildman–Crippen LogP) is 7.32. The van der Waals surface area contributed by atoms with Crippen LogP contribution in [0.1, 0.15) is 104 Å². The van der Waals surface area contributed by atoms with Crippen LogP contribution in [0.15, 0.2) is 48.5 Å². The lowest BCUT2D eigenvalue weighted by molar-refractivity contribution is -0.136. The number of piperidine rings is 3. The molecule has 4 amide bonds. The number of imide groups is 1. The monoisotopic (exact) mass is 1080 g/mol. The summed E-state index contributed by atoms with van der Waals surface area (Å²) in [5.41, 5.74) is 3.50. The van der Waals surface area contributed by atoms with Crippen LogP contribution in [0.25, 0.3) is 32.9 Å². The molecule has 0 radical (unpaired) electrons. The molecule has 4 atom stereocenters. The zero-order chi connectivity index (χ0) is 53.9. The van der Waals surface area contributed by atoms with Crippen LogP contribution >= 0.6 is 0 Å². The van der Waals surface area contributed by atoms with E-state index in [0.29, 0.717) is 110 Å². The number of rotatable bonds is 11. The average Bonchev–Trinajstić information content (AvgIpc) is 4.12. The van der Waals surface area contributed by atoms with Crippen molar-refractivity contribution in [3.05, 3.63) is 82.5 Å². The minimum Gasteiger partial charge on any atom is -0.461 e. The Bertz CT molecular complexity index is 3300. The molecule has 6 fully saturated rings.